The zero-order valence-electron chi connectivity index (χ0n) is 10.3. The minimum atomic E-state index is 0.574. The van der Waals surface area contributed by atoms with Gasteiger partial charge in [-0.1, -0.05) is 58.4 Å². The molecule has 0 aromatic heterocycles. The molecular weight excluding hydrogens is 290 g/mol. The number of hydrogen-bond donors (Lipinski definition) is 1. The van der Waals surface area contributed by atoms with E-state index in [4.69, 9.17) is 4.84 Å². The second kappa shape index (κ2) is 6.69. The summed E-state index contributed by atoms with van der Waals surface area (Å²) in [5.41, 5.74) is 6.58. The first kappa shape index (κ1) is 13.3. The van der Waals surface area contributed by atoms with Crippen molar-refractivity contribution in [2.45, 2.75) is 20.1 Å². The van der Waals surface area contributed by atoms with Gasteiger partial charge >= 0.3 is 0 Å². The Balaban J connectivity index is 1.79. The summed E-state index contributed by atoms with van der Waals surface area (Å²) >= 11 is 3.55. The van der Waals surface area contributed by atoms with Crippen LogP contribution in [0.5, 0.6) is 0 Å². The maximum absolute atomic E-state index is 5.44. The Morgan fingerprint density at radius 3 is 2.61 bits per heavy atom. The molecule has 18 heavy (non-hydrogen) atoms. The summed E-state index contributed by atoms with van der Waals surface area (Å²) in [6.07, 6.45) is 0. The minimum absolute atomic E-state index is 0.574. The SMILES string of the molecule is Cc1ccc(CNOCc2ccccc2)c(Br)c1. The first-order chi connectivity index (χ1) is 8.75. The number of hydroxylamine groups is 1. The number of aryl methyl sites for hydroxylation is 1. The average Bonchev–Trinajstić information content (AvgIpc) is 2.38. The van der Waals surface area contributed by atoms with E-state index in [-0.39, 0.29) is 0 Å². The molecule has 0 fully saturated rings. The van der Waals surface area contributed by atoms with E-state index in [1.54, 1.807) is 0 Å². The van der Waals surface area contributed by atoms with Crippen molar-refractivity contribution < 1.29 is 4.84 Å². The van der Waals surface area contributed by atoms with Crippen LogP contribution in [0, 0.1) is 6.92 Å². The summed E-state index contributed by atoms with van der Waals surface area (Å²) in [6.45, 7) is 3.34. The quantitative estimate of drug-likeness (QED) is 0.666. The molecule has 0 bridgehead atoms. The molecule has 2 aromatic rings. The molecule has 2 nitrogen and oxygen atoms in total. The summed E-state index contributed by atoms with van der Waals surface area (Å²) in [4.78, 5) is 5.44. The number of benzene rings is 2. The Bertz CT molecular complexity index is 499. The lowest BCUT2D eigenvalue weighted by Crippen LogP contribution is -2.14. The minimum Gasteiger partial charge on any atom is -0.297 e. The van der Waals surface area contributed by atoms with Crippen LogP contribution in [0.3, 0.4) is 0 Å². The molecule has 0 saturated heterocycles. The van der Waals surface area contributed by atoms with E-state index in [1.165, 1.54) is 11.1 Å². The Morgan fingerprint density at radius 2 is 1.89 bits per heavy atom. The van der Waals surface area contributed by atoms with Gasteiger partial charge in [0.2, 0.25) is 0 Å². The van der Waals surface area contributed by atoms with Gasteiger partial charge in [0, 0.05) is 11.0 Å². The molecule has 2 aromatic carbocycles. The third-order valence-corrected chi connectivity index (χ3v) is 3.39. The first-order valence-corrected chi connectivity index (χ1v) is 6.68. The number of hydrogen-bond acceptors (Lipinski definition) is 2. The van der Waals surface area contributed by atoms with Crippen molar-refractivity contribution in [2.75, 3.05) is 0 Å². The molecule has 3 heteroatoms. The van der Waals surface area contributed by atoms with Crippen LogP contribution in [0.4, 0.5) is 0 Å². The van der Waals surface area contributed by atoms with E-state index in [0.717, 1.165) is 10.0 Å². The van der Waals surface area contributed by atoms with E-state index >= 15 is 0 Å². The third kappa shape index (κ3) is 3.95. The molecule has 1 N–H and O–H groups in total. The van der Waals surface area contributed by atoms with Crippen LogP contribution in [-0.4, -0.2) is 0 Å². The molecule has 0 aliphatic carbocycles. The lowest BCUT2D eigenvalue weighted by atomic mass is 10.1. The lowest BCUT2D eigenvalue weighted by Gasteiger charge is -2.08. The van der Waals surface area contributed by atoms with Gasteiger partial charge < -0.3 is 0 Å². The van der Waals surface area contributed by atoms with Gasteiger partial charge in [0.25, 0.3) is 0 Å². The largest absolute Gasteiger partial charge is 0.297 e. The molecule has 2 rings (SSSR count). The van der Waals surface area contributed by atoms with Crippen LogP contribution in [0.15, 0.2) is 53.0 Å². The molecule has 0 atom stereocenters. The van der Waals surface area contributed by atoms with Crippen LogP contribution in [0.25, 0.3) is 0 Å². The smallest absolute Gasteiger partial charge is 0.0933 e. The van der Waals surface area contributed by atoms with Crippen LogP contribution >= 0.6 is 15.9 Å². The second-order valence-corrected chi connectivity index (χ2v) is 5.04. The van der Waals surface area contributed by atoms with Gasteiger partial charge in [0.15, 0.2) is 0 Å². The van der Waals surface area contributed by atoms with Gasteiger partial charge in [-0.15, -0.1) is 0 Å². The van der Waals surface area contributed by atoms with Gasteiger partial charge in [-0.2, -0.15) is 5.48 Å². The topological polar surface area (TPSA) is 21.3 Å². The zero-order valence-corrected chi connectivity index (χ0v) is 11.9. The Labute approximate surface area is 116 Å². The summed E-state index contributed by atoms with van der Waals surface area (Å²) < 4.78 is 1.11. The fraction of sp³-hybridized carbons (Fsp3) is 0.200. The van der Waals surface area contributed by atoms with E-state index in [9.17, 15) is 0 Å². The van der Waals surface area contributed by atoms with Crippen molar-refractivity contribution in [3.8, 4) is 0 Å². The van der Waals surface area contributed by atoms with Crippen molar-refractivity contribution in [1.29, 1.82) is 0 Å². The van der Waals surface area contributed by atoms with Crippen molar-refractivity contribution in [2.24, 2.45) is 0 Å². The maximum Gasteiger partial charge on any atom is 0.0933 e. The zero-order chi connectivity index (χ0) is 12.8. The molecule has 0 aliphatic heterocycles. The average molecular weight is 306 g/mol. The fourth-order valence-electron chi connectivity index (χ4n) is 1.63. The standard InChI is InChI=1S/C15H16BrNO/c1-12-7-8-14(15(16)9-12)10-17-18-11-13-5-3-2-4-6-13/h2-9,17H,10-11H2,1H3. The highest BCUT2D eigenvalue weighted by Crippen LogP contribution is 2.18. The van der Waals surface area contributed by atoms with Crippen LogP contribution in [0.1, 0.15) is 16.7 Å². The summed E-state index contributed by atoms with van der Waals surface area (Å²) in [6, 6.07) is 16.4. The Morgan fingerprint density at radius 1 is 1.11 bits per heavy atom. The highest BCUT2D eigenvalue weighted by Gasteiger charge is 1.99. The van der Waals surface area contributed by atoms with Crippen LogP contribution in [0.2, 0.25) is 0 Å². The van der Waals surface area contributed by atoms with E-state index < -0.39 is 0 Å². The van der Waals surface area contributed by atoms with Crippen molar-refractivity contribution in [3.05, 3.63) is 69.7 Å². The highest BCUT2D eigenvalue weighted by atomic mass is 79.9. The molecule has 0 amide bonds. The normalized spacial score (nSPS) is 10.6. The molecule has 0 aliphatic rings. The van der Waals surface area contributed by atoms with Crippen molar-refractivity contribution in [1.82, 2.24) is 5.48 Å². The molecule has 0 radical (unpaired) electrons. The number of nitrogens with one attached hydrogen (secondary N) is 1. The summed E-state index contributed by atoms with van der Waals surface area (Å²) in [5, 5.41) is 0. The highest BCUT2D eigenvalue weighted by molar-refractivity contribution is 9.10. The fourth-order valence-corrected chi connectivity index (χ4v) is 2.27. The van der Waals surface area contributed by atoms with Gasteiger partial charge in [0.1, 0.15) is 0 Å². The van der Waals surface area contributed by atoms with Crippen LogP contribution in [-0.2, 0) is 18.0 Å². The molecule has 0 saturated carbocycles. The predicted octanol–water partition coefficient (Wildman–Crippen LogP) is 3.98. The summed E-state index contributed by atoms with van der Waals surface area (Å²) in [7, 11) is 0. The van der Waals surface area contributed by atoms with E-state index in [1.807, 2.05) is 30.3 Å². The van der Waals surface area contributed by atoms with Crippen molar-refractivity contribution in [3.63, 3.8) is 0 Å². The van der Waals surface area contributed by atoms with E-state index in [0.29, 0.717) is 13.2 Å². The van der Waals surface area contributed by atoms with Gasteiger partial charge in [0.05, 0.1) is 6.61 Å². The Kier molecular flexibility index (Phi) is 4.93. The van der Waals surface area contributed by atoms with Crippen molar-refractivity contribution >= 4 is 15.9 Å². The Hall–Kier alpha value is -1.16. The van der Waals surface area contributed by atoms with Gasteiger partial charge in [-0.05, 0) is 29.7 Å². The lowest BCUT2D eigenvalue weighted by molar-refractivity contribution is 0.0234. The number of halogens is 1. The van der Waals surface area contributed by atoms with Crippen LogP contribution < -0.4 is 5.48 Å². The van der Waals surface area contributed by atoms with Gasteiger partial charge in [-0.3, -0.25) is 4.84 Å². The summed E-state index contributed by atoms with van der Waals surface area (Å²) in [5.74, 6) is 0. The van der Waals surface area contributed by atoms with E-state index in [2.05, 4.69) is 46.5 Å². The monoisotopic (exact) mass is 305 g/mol. The molecule has 0 unspecified atom stereocenters. The second-order valence-electron chi connectivity index (χ2n) is 4.19. The molecular formula is C15H16BrNO. The molecule has 0 spiro atoms. The van der Waals surface area contributed by atoms with Gasteiger partial charge in [-0.25, -0.2) is 0 Å². The number of rotatable bonds is 5. The molecule has 0 heterocycles. The molecule has 94 valence electrons. The first-order valence-electron chi connectivity index (χ1n) is 5.89. The predicted molar refractivity (Wildman–Crippen MR) is 76.9 cm³/mol. The maximum atomic E-state index is 5.44. The third-order valence-electron chi connectivity index (χ3n) is 2.65.